The smallest absolute Gasteiger partial charge is 0.418 e. The predicted octanol–water partition coefficient (Wildman–Crippen LogP) is 3.74. The first kappa shape index (κ1) is 16.3. The molecule has 7 heteroatoms. The van der Waals surface area contributed by atoms with Crippen LogP contribution in [0, 0.1) is 0 Å². The molecule has 1 saturated heterocycles. The number of hydrogen-bond acceptors (Lipinski definition) is 3. The highest BCUT2D eigenvalue weighted by Gasteiger charge is 2.35. The average molecular weight is 337 g/mol. The van der Waals surface area contributed by atoms with Gasteiger partial charge in [0, 0.05) is 5.56 Å². The highest BCUT2D eigenvalue weighted by Crippen LogP contribution is 2.37. The van der Waals surface area contributed by atoms with Gasteiger partial charge in [-0.2, -0.15) is 13.2 Å². The highest BCUT2D eigenvalue weighted by molar-refractivity contribution is 6.04. The molecule has 1 N–H and O–H groups in total. The largest absolute Gasteiger partial charge is 0.491 e. The van der Waals surface area contributed by atoms with Crippen molar-refractivity contribution in [3.05, 3.63) is 59.7 Å². The third kappa shape index (κ3) is 4.05. The zero-order valence-electron chi connectivity index (χ0n) is 12.5. The number of benzene rings is 2. The molecule has 3 rings (SSSR count). The molecule has 1 aliphatic heterocycles. The van der Waals surface area contributed by atoms with Crippen molar-refractivity contribution in [2.75, 3.05) is 18.5 Å². The molecule has 1 fully saturated rings. The fraction of sp³-hybridized carbons (Fsp3) is 0.235. The lowest BCUT2D eigenvalue weighted by atomic mass is 10.1. The van der Waals surface area contributed by atoms with Gasteiger partial charge in [0.05, 0.1) is 17.9 Å². The van der Waals surface area contributed by atoms with Crippen molar-refractivity contribution in [3.63, 3.8) is 0 Å². The Bertz CT molecular complexity index is 728. The van der Waals surface area contributed by atoms with E-state index in [9.17, 15) is 18.0 Å². The first-order chi connectivity index (χ1) is 11.4. The summed E-state index contributed by atoms with van der Waals surface area (Å²) in [6, 6.07) is 11.5. The minimum absolute atomic E-state index is 0.0585. The topological polar surface area (TPSA) is 50.9 Å². The third-order valence-corrected chi connectivity index (χ3v) is 3.42. The Morgan fingerprint density at radius 2 is 1.92 bits per heavy atom. The Kier molecular flexibility index (Phi) is 4.44. The first-order valence-corrected chi connectivity index (χ1v) is 7.25. The quantitative estimate of drug-likeness (QED) is 0.846. The van der Waals surface area contributed by atoms with Gasteiger partial charge in [-0.3, -0.25) is 4.79 Å². The van der Waals surface area contributed by atoms with Crippen LogP contribution in [0.1, 0.15) is 15.9 Å². The fourth-order valence-corrected chi connectivity index (χ4v) is 2.09. The SMILES string of the molecule is O=C(Nc1ccc(OCC2CO2)cc1C(F)(F)F)c1ccccc1. The maximum atomic E-state index is 13.3. The zero-order valence-corrected chi connectivity index (χ0v) is 12.5. The zero-order chi connectivity index (χ0) is 17.2. The van der Waals surface area contributed by atoms with Crippen LogP contribution in [0.4, 0.5) is 18.9 Å². The first-order valence-electron chi connectivity index (χ1n) is 7.25. The van der Waals surface area contributed by atoms with Crippen molar-refractivity contribution in [1.82, 2.24) is 0 Å². The van der Waals surface area contributed by atoms with Crippen molar-refractivity contribution < 1.29 is 27.4 Å². The number of anilines is 1. The maximum absolute atomic E-state index is 13.3. The van der Waals surface area contributed by atoms with Gasteiger partial charge in [-0.1, -0.05) is 18.2 Å². The van der Waals surface area contributed by atoms with Gasteiger partial charge in [0.25, 0.3) is 5.91 Å². The van der Waals surface area contributed by atoms with E-state index in [4.69, 9.17) is 9.47 Å². The maximum Gasteiger partial charge on any atom is 0.418 e. The van der Waals surface area contributed by atoms with Crippen LogP contribution >= 0.6 is 0 Å². The van der Waals surface area contributed by atoms with E-state index in [0.717, 1.165) is 6.07 Å². The van der Waals surface area contributed by atoms with Crippen LogP contribution in [-0.2, 0) is 10.9 Å². The predicted molar refractivity (Wildman–Crippen MR) is 81.1 cm³/mol. The van der Waals surface area contributed by atoms with Gasteiger partial charge in [0.1, 0.15) is 18.5 Å². The number of carbonyl (C=O) groups excluding carboxylic acids is 1. The van der Waals surface area contributed by atoms with E-state index in [1.807, 2.05) is 0 Å². The summed E-state index contributed by atoms with van der Waals surface area (Å²) in [6.07, 6.45) is -4.67. The molecule has 1 atom stereocenters. The second kappa shape index (κ2) is 6.52. The highest BCUT2D eigenvalue weighted by atomic mass is 19.4. The molecule has 126 valence electrons. The summed E-state index contributed by atoms with van der Waals surface area (Å²) >= 11 is 0. The molecule has 0 bridgehead atoms. The second-order valence-corrected chi connectivity index (χ2v) is 5.29. The number of halogens is 3. The molecule has 2 aromatic carbocycles. The number of epoxide rings is 1. The molecule has 0 saturated carbocycles. The summed E-state index contributed by atoms with van der Waals surface area (Å²) < 4.78 is 50.0. The summed E-state index contributed by atoms with van der Waals surface area (Å²) in [5.41, 5.74) is -0.996. The lowest BCUT2D eigenvalue weighted by molar-refractivity contribution is -0.137. The average Bonchev–Trinajstić information content (AvgIpc) is 3.38. The Morgan fingerprint density at radius 1 is 1.21 bits per heavy atom. The van der Waals surface area contributed by atoms with Crippen LogP contribution in [0.15, 0.2) is 48.5 Å². The lowest BCUT2D eigenvalue weighted by Crippen LogP contribution is -2.17. The van der Waals surface area contributed by atoms with Crippen molar-refractivity contribution >= 4 is 11.6 Å². The minimum Gasteiger partial charge on any atom is -0.491 e. The molecular formula is C17H14F3NO3. The van der Waals surface area contributed by atoms with E-state index in [1.165, 1.54) is 24.3 Å². The fourth-order valence-electron chi connectivity index (χ4n) is 2.09. The Hall–Kier alpha value is -2.54. The Labute approximate surface area is 136 Å². The number of rotatable bonds is 5. The van der Waals surface area contributed by atoms with Gasteiger partial charge >= 0.3 is 6.18 Å². The molecule has 0 aliphatic carbocycles. The van der Waals surface area contributed by atoms with E-state index in [0.29, 0.717) is 6.61 Å². The number of alkyl halides is 3. The molecule has 1 heterocycles. The summed E-state index contributed by atoms with van der Waals surface area (Å²) in [5, 5.41) is 2.30. The van der Waals surface area contributed by atoms with Gasteiger partial charge < -0.3 is 14.8 Å². The van der Waals surface area contributed by atoms with Crippen LogP contribution < -0.4 is 10.1 Å². The van der Waals surface area contributed by atoms with Crippen LogP contribution in [0.5, 0.6) is 5.75 Å². The van der Waals surface area contributed by atoms with E-state index < -0.39 is 17.6 Å². The summed E-state index contributed by atoms with van der Waals surface area (Å²) in [4.78, 5) is 12.1. The van der Waals surface area contributed by atoms with Gasteiger partial charge in [-0.15, -0.1) is 0 Å². The van der Waals surface area contributed by atoms with E-state index in [2.05, 4.69) is 5.32 Å². The number of nitrogens with one attached hydrogen (secondary N) is 1. The minimum atomic E-state index is -4.62. The Balaban J connectivity index is 1.81. The molecule has 0 radical (unpaired) electrons. The van der Waals surface area contributed by atoms with Crippen LogP contribution in [-0.4, -0.2) is 25.2 Å². The van der Waals surface area contributed by atoms with Crippen LogP contribution in [0.3, 0.4) is 0 Å². The van der Waals surface area contributed by atoms with Gasteiger partial charge in [-0.05, 0) is 30.3 Å². The number of hydrogen-bond donors (Lipinski definition) is 1. The molecule has 1 unspecified atom stereocenters. The molecule has 1 amide bonds. The third-order valence-electron chi connectivity index (χ3n) is 3.42. The summed E-state index contributed by atoms with van der Waals surface area (Å²) in [6.45, 7) is 0.754. The van der Waals surface area contributed by atoms with Crippen molar-refractivity contribution in [2.24, 2.45) is 0 Å². The Morgan fingerprint density at radius 3 is 2.54 bits per heavy atom. The molecule has 4 nitrogen and oxygen atoms in total. The lowest BCUT2D eigenvalue weighted by Gasteiger charge is -2.15. The van der Waals surface area contributed by atoms with Crippen molar-refractivity contribution in [2.45, 2.75) is 12.3 Å². The molecule has 2 aromatic rings. The molecular weight excluding hydrogens is 323 g/mol. The summed E-state index contributed by atoms with van der Waals surface area (Å²) in [7, 11) is 0. The molecule has 24 heavy (non-hydrogen) atoms. The van der Waals surface area contributed by atoms with Gasteiger partial charge in [0.2, 0.25) is 0 Å². The summed E-state index contributed by atoms with van der Waals surface area (Å²) in [5.74, 6) is -0.531. The number of amides is 1. The monoisotopic (exact) mass is 337 g/mol. The van der Waals surface area contributed by atoms with Gasteiger partial charge in [0.15, 0.2) is 0 Å². The van der Waals surface area contributed by atoms with Crippen molar-refractivity contribution in [3.8, 4) is 5.75 Å². The van der Waals surface area contributed by atoms with Crippen LogP contribution in [0.2, 0.25) is 0 Å². The standard InChI is InChI=1S/C17H14F3NO3/c18-17(19,20)14-8-12(23-9-13-10-24-13)6-7-15(14)21-16(22)11-4-2-1-3-5-11/h1-8,13H,9-10H2,(H,21,22). The van der Waals surface area contributed by atoms with Crippen molar-refractivity contribution in [1.29, 1.82) is 0 Å². The number of carbonyl (C=O) groups is 1. The molecule has 0 spiro atoms. The van der Waals surface area contributed by atoms with Crippen LogP contribution in [0.25, 0.3) is 0 Å². The van der Waals surface area contributed by atoms with E-state index >= 15 is 0 Å². The second-order valence-electron chi connectivity index (χ2n) is 5.29. The van der Waals surface area contributed by atoms with E-state index in [1.54, 1.807) is 18.2 Å². The number of ether oxygens (including phenoxy) is 2. The molecule has 0 aromatic heterocycles. The normalized spacial score (nSPS) is 16.5. The molecule has 1 aliphatic rings. The van der Waals surface area contributed by atoms with Gasteiger partial charge in [-0.25, -0.2) is 0 Å². The van der Waals surface area contributed by atoms with E-state index in [-0.39, 0.29) is 29.7 Å².